The molecule has 1 atom stereocenters. The molecule has 0 aromatic heterocycles. The molecule has 1 heterocycles. The molecule has 0 saturated carbocycles. The number of amides is 1. The van der Waals surface area contributed by atoms with Crippen LogP contribution in [0, 0.1) is 5.92 Å². The van der Waals surface area contributed by atoms with Crippen molar-refractivity contribution in [2.45, 2.75) is 59.0 Å². The second kappa shape index (κ2) is 8.85. The Bertz CT molecular complexity index is 475. The van der Waals surface area contributed by atoms with Crippen molar-refractivity contribution in [1.82, 2.24) is 4.90 Å². The van der Waals surface area contributed by atoms with Gasteiger partial charge in [0.2, 0.25) is 0 Å². The van der Waals surface area contributed by atoms with E-state index in [1.54, 1.807) is 7.05 Å². The van der Waals surface area contributed by atoms with Crippen molar-refractivity contribution in [3.8, 4) is 0 Å². The van der Waals surface area contributed by atoms with Crippen LogP contribution in [0.15, 0.2) is 22.1 Å². The molecule has 5 nitrogen and oxygen atoms in total. The van der Waals surface area contributed by atoms with Gasteiger partial charge in [0, 0.05) is 26.4 Å². The first-order valence-corrected chi connectivity index (χ1v) is 8.42. The van der Waals surface area contributed by atoms with Crippen LogP contribution in [-0.2, 0) is 4.74 Å². The molecule has 1 amide bonds. The molecule has 0 aromatic carbocycles. The molecule has 0 bridgehead atoms. The molecule has 130 valence electrons. The zero-order valence-corrected chi connectivity index (χ0v) is 15.3. The minimum atomic E-state index is -0.454. The highest BCUT2D eigenvalue weighted by molar-refractivity contribution is 6.02. The zero-order valence-electron chi connectivity index (χ0n) is 15.3. The van der Waals surface area contributed by atoms with Gasteiger partial charge in [-0.1, -0.05) is 13.5 Å². The molecule has 0 radical (unpaired) electrons. The molecule has 1 aliphatic heterocycles. The van der Waals surface area contributed by atoms with Crippen molar-refractivity contribution in [3.05, 3.63) is 12.2 Å². The van der Waals surface area contributed by atoms with Crippen LogP contribution < -0.4 is 0 Å². The summed E-state index contributed by atoms with van der Waals surface area (Å²) in [7, 11) is 1.74. The van der Waals surface area contributed by atoms with Crippen molar-refractivity contribution in [2.75, 3.05) is 20.1 Å². The number of carbonyl (C=O) groups is 1. The van der Waals surface area contributed by atoms with E-state index in [2.05, 4.69) is 16.6 Å². The normalized spacial score (nSPS) is 20.0. The molecule has 5 heteroatoms. The van der Waals surface area contributed by atoms with Crippen LogP contribution in [0.5, 0.6) is 0 Å². The third-order valence-corrected chi connectivity index (χ3v) is 3.63. The summed E-state index contributed by atoms with van der Waals surface area (Å²) in [6, 6.07) is 0. The quantitative estimate of drug-likeness (QED) is 0.578. The molecule has 1 aliphatic rings. The fraction of sp³-hybridized carbons (Fsp3) is 0.722. The highest BCUT2D eigenvalue weighted by Gasteiger charge is 2.28. The predicted molar refractivity (Wildman–Crippen MR) is 96.4 cm³/mol. The second-order valence-electron chi connectivity index (χ2n) is 7.01. The van der Waals surface area contributed by atoms with Gasteiger partial charge in [0.15, 0.2) is 0 Å². The Morgan fingerprint density at radius 3 is 2.70 bits per heavy atom. The van der Waals surface area contributed by atoms with Gasteiger partial charge in [-0.05, 0) is 57.9 Å². The number of hydrogen-bond donors (Lipinski definition) is 0. The first-order chi connectivity index (χ1) is 10.8. The molecule has 23 heavy (non-hydrogen) atoms. The van der Waals surface area contributed by atoms with E-state index < -0.39 is 5.60 Å². The average molecular weight is 321 g/mol. The van der Waals surface area contributed by atoms with Gasteiger partial charge in [-0.2, -0.15) is 0 Å². The third kappa shape index (κ3) is 6.97. The van der Waals surface area contributed by atoms with Gasteiger partial charge in [0.05, 0.1) is 0 Å². The van der Waals surface area contributed by atoms with E-state index >= 15 is 0 Å². The van der Waals surface area contributed by atoms with E-state index in [0.717, 1.165) is 37.8 Å². The third-order valence-electron chi connectivity index (χ3n) is 3.63. The summed E-state index contributed by atoms with van der Waals surface area (Å²) in [5.41, 5.74) is 0.484. The number of nitrogens with zero attached hydrogens (tertiary/aromatic N) is 3. The minimum absolute atomic E-state index is 0.221. The maximum Gasteiger partial charge on any atom is 0.410 e. The monoisotopic (exact) mass is 321 g/mol. The van der Waals surface area contributed by atoms with Crippen molar-refractivity contribution < 1.29 is 9.53 Å². The summed E-state index contributed by atoms with van der Waals surface area (Å²) in [5, 5.41) is 0. The van der Waals surface area contributed by atoms with Gasteiger partial charge >= 0.3 is 6.09 Å². The van der Waals surface area contributed by atoms with Crippen LogP contribution in [0.4, 0.5) is 4.79 Å². The van der Waals surface area contributed by atoms with Gasteiger partial charge in [-0.3, -0.25) is 4.99 Å². The Morgan fingerprint density at radius 2 is 2.13 bits per heavy atom. The van der Waals surface area contributed by atoms with Gasteiger partial charge < -0.3 is 9.64 Å². The molecule has 1 saturated heterocycles. The van der Waals surface area contributed by atoms with Crippen molar-refractivity contribution in [1.29, 1.82) is 0 Å². The van der Waals surface area contributed by atoms with Gasteiger partial charge in [-0.15, -0.1) is 0 Å². The minimum Gasteiger partial charge on any atom is -0.444 e. The topological polar surface area (TPSA) is 54.3 Å². The maximum absolute atomic E-state index is 12.2. The number of piperidine rings is 1. The first kappa shape index (κ1) is 19.4. The highest BCUT2D eigenvalue weighted by atomic mass is 16.6. The number of likely N-dealkylation sites (tertiary alicyclic amines) is 1. The van der Waals surface area contributed by atoms with Crippen LogP contribution in [-0.4, -0.2) is 48.8 Å². The molecular weight excluding hydrogens is 290 g/mol. The Labute approximate surface area is 140 Å². The lowest BCUT2D eigenvalue weighted by Crippen LogP contribution is -2.43. The van der Waals surface area contributed by atoms with Crippen LogP contribution in [0.2, 0.25) is 0 Å². The van der Waals surface area contributed by atoms with E-state index in [4.69, 9.17) is 4.74 Å². The Hall–Kier alpha value is -1.65. The van der Waals surface area contributed by atoms with Crippen molar-refractivity contribution in [2.24, 2.45) is 15.9 Å². The number of amidine groups is 1. The maximum atomic E-state index is 12.2. The molecular formula is C18H31N3O2. The summed E-state index contributed by atoms with van der Waals surface area (Å²) >= 11 is 0. The van der Waals surface area contributed by atoms with E-state index in [0.29, 0.717) is 18.3 Å². The smallest absolute Gasteiger partial charge is 0.410 e. The molecule has 1 rings (SSSR count). The fourth-order valence-corrected chi connectivity index (χ4v) is 2.65. The van der Waals surface area contributed by atoms with Gasteiger partial charge in [-0.25, -0.2) is 9.79 Å². The molecule has 0 spiro atoms. The SMILES string of the molecule is C=C(C[C@H]1CCCN(C(=O)OC(C)(C)C)C1)C(N=CCC)=NC. The lowest BCUT2D eigenvalue weighted by atomic mass is 9.91. The van der Waals surface area contributed by atoms with Crippen molar-refractivity contribution >= 4 is 18.1 Å². The lowest BCUT2D eigenvalue weighted by Gasteiger charge is -2.34. The number of hydrogen-bond acceptors (Lipinski definition) is 3. The van der Waals surface area contributed by atoms with E-state index in [1.807, 2.05) is 38.8 Å². The van der Waals surface area contributed by atoms with Crippen LogP contribution in [0.25, 0.3) is 0 Å². The zero-order chi connectivity index (χ0) is 17.5. The second-order valence-corrected chi connectivity index (χ2v) is 7.01. The lowest BCUT2D eigenvalue weighted by molar-refractivity contribution is 0.0167. The van der Waals surface area contributed by atoms with Gasteiger partial charge in [0.25, 0.3) is 0 Å². The first-order valence-electron chi connectivity index (χ1n) is 8.42. The number of carbonyl (C=O) groups excluding carboxylic acids is 1. The highest BCUT2D eigenvalue weighted by Crippen LogP contribution is 2.24. The Balaban J connectivity index is 2.60. The van der Waals surface area contributed by atoms with E-state index in [1.165, 1.54) is 0 Å². The predicted octanol–water partition coefficient (Wildman–Crippen LogP) is 4.09. The van der Waals surface area contributed by atoms with Crippen LogP contribution in [0.1, 0.15) is 53.4 Å². The standard InChI is InChI=1S/C18H31N3O2/c1-7-10-20-16(19-6)14(2)12-15-9-8-11-21(13-15)17(22)23-18(3,4)5/h10,15H,2,7-9,11-13H2,1,3-6H3/t15-/m1/s1. The summed E-state index contributed by atoms with van der Waals surface area (Å²) < 4.78 is 5.47. The number of ether oxygens (including phenoxy) is 1. The molecule has 0 N–H and O–H groups in total. The molecule has 1 fully saturated rings. The Kier molecular flexibility index (Phi) is 7.46. The molecule has 0 aliphatic carbocycles. The fourth-order valence-electron chi connectivity index (χ4n) is 2.65. The average Bonchev–Trinajstić information content (AvgIpc) is 2.46. The molecule has 0 aromatic rings. The van der Waals surface area contributed by atoms with E-state index in [-0.39, 0.29) is 6.09 Å². The Morgan fingerprint density at radius 1 is 1.43 bits per heavy atom. The van der Waals surface area contributed by atoms with Crippen molar-refractivity contribution in [3.63, 3.8) is 0 Å². The summed E-state index contributed by atoms with van der Waals surface area (Å²) in [4.78, 5) is 22.6. The molecule has 0 unspecified atom stereocenters. The van der Waals surface area contributed by atoms with Crippen LogP contribution >= 0.6 is 0 Å². The number of aliphatic imine (C=N–C) groups is 2. The summed E-state index contributed by atoms with van der Waals surface area (Å²) in [6.45, 7) is 13.3. The van der Waals surface area contributed by atoms with Gasteiger partial charge in [0.1, 0.15) is 11.4 Å². The largest absolute Gasteiger partial charge is 0.444 e. The summed E-state index contributed by atoms with van der Waals surface area (Å²) in [5.74, 6) is 1.10. The van der Waals surface area contributed by atoms with E-state index in [9.17, 15) is 4.79 Å². The number of rotatable bonds is 4. The summed E-state index contributed by atoms with van der Waals surface area (Å²) in [6.07, 6.45) is 5.40. The van der Waals surface area contributed by atoms with Crippen LogP contribution in [0.3, 0.4) is 0 Å².